The summed E-state index contributed by atoms with van der Waals surface area (Å²) in [6.45, 7) is 5.90. The van der Waals surface area contributed by atoms with Crippen LogP contribution in [-0.4, -0.2) is 54.7 Å². The van der Waals surface area contributed by atoms with Crippen LogP contribution < -0.4 is 20.3 Å². The number of benzene rings is 2. The van der Waals surface area contributed by atoms with E-state index in [2.05, 4.69) is 25.5 Å². The van der Waals surface area contributed by atoms with Crippen LogP contribution in [0.1, 0.15) is 13.3 Å². The van der Waals surface area contributed by atoms with Gasteiger partial charge in [0.15, 0.2) is 0 Å². The molecule has 3 aromatic rings. The first-order valence-corrected chi connectivity index (χ1v) is 10.7. The quantitative estimate of drug-likeness (QED) is 0.588. The Kier molecular flexibility index (Phi) is 5.23. The van der Waals surface area contributed by atoms with Crippen molar-refractivity contribution in [1.29, 1.82) is 0 Å². The fraction of sp³-hybridized carbons (Fsp3) is 0.391. The molecule has 162 valence electrons. The zero-order valence-corrected chi connectivity index (χ0v) is 17.5. The molecule has 2 saturated heterocycles. The molecule has 2 fully saturated rings. The molecule has 7 nitrogen and oxygen atoms in total. The van der Waals surface area contributed by atoms with E-state index in [1.165, 1.54) is 0 Å². The molecular formula is C23H26FN5O2. The third-order valence-electron chi connectivity index (χ3n) is 6.21. The van der Waals surface area contributed by atoms with Gasteiger partial charge >= 0.3 is 0 Å². The minimum Gasteiger partial charge on any atom is -0.488 e. The lowest BCUT2D eigenvalue weighted by Crippen LogP contribution is -2.43. The highest BCUT2D eigenvalue weighted by Gasteiger charge is 2.28. The number of hydrogen-bond donors (Lipinski definition) is 3. The maximum atomic E-state index is 15.0. The number of aromatic nitrogens is 2. The smallest absolute Gasteiger partial charge is 0.220 e. The predicted molar refractivity (Wildman–Crippen MR) is 118 cm³/mol. The van der Waals surface area contributed by atoms with Crippen LogP contribution in [0, 0.1) is 11.7 Å². The van der Waals surface area contributed by atoms with Gasteiger partial charge in [0.25, 0.3) is 0 Å². The van der Waals surface area contributed by atoms with E-state index >= 15 is 0 Å². The summed E-state index contributed by atoms with van der Waals surface area (Å²) >= 11 is 0. The summed E-state index contributed by atoms with van der Waals surface area (Å²) in [4.78, 5) is 21.2. The van der Waals surface area contributed by atoms with E-state index in [9.17, 15) is 9.18 Å². The van der Waals surface area contributed by atoms with Crippen molar-refractivity contribution in [1.82, 2.24) is 20.6 Å². The lowest BCUT2D eigenvalue weighted by molar-refractivity contribution is -0.119. The summed E-state index contributed by atoms with van der Waals surface area (Å²) in [5.41, 5.74) is 3.82. The minimum absolute atomic E-state index is 0.0548. The summed E-state index contributed by atoms with van der Waals surface area (Å²) in [6.07, 6.45) is 1.94. The largest absolute Gasteiger partial charge is 0.488 e. The summed E-state index contributed by atoms with van der Waals surface area (Å²) in [5, 5.41) is 6.14. The second-order valence-electron chi connectivity index (χ2n) is 8.27. The van der Waals surface area contributed by atoms with Crippen molar-refractivity contribution in [3.63, 3.8) is 0 Å². The van der Waals surface area contributed by atoms with Crippen LogP contribution in [0.15, 0.2) is 36.7 Å². The van der Waals surface area contributed by atoms with Crippen molar-refractivity contribution in [2.45, 2.75) is 19.4 Å². The first-order chi connectivity index (χ1) is 15.1. The summed E-state index contributed by atoms with van der Waals surface area (Å²) in [7, 11) is 0. The number of halogens is 1. The van der Waals surface area contributed by atoms with Gasteiger partial charge in [-0.05, 0) is 42.3 Å². The van der Waals surface area contributed by atoms with E-state index in [0.29, 0.717) is 24.4 Å². The molecule has 0 saturated carbocycles. The zero-order chi connectivity index (χ0) is 21.4. The third kappa shape index (κ3) is 3.95. The predicted octanol–water partition coefficient (Wildman–Crippen LogP) is 2.68. The summed E-state index contributed by atoms with van der Waals surface area (Å²) < 4.78 is 21.2. The number of nitrogens with one attached hydrogen (secondary N) is 3. The normalized spacial score (nSPS) is 20.1. The molecule has 8 heteroatoms. The fourth-order valence-electron chi connectivity index (χ4n) is 4.38. The maximum absolute atomic E-state index is 15.0. The minimum atomic E-state index is -0.226. The van der Waals surface area contributed by atoms with Crippen LogP contribution in [0.5, 0.6) is 5.75 Å². The number of nitrogens with zero attached hydrogens (tertiary/aromatic N) is 2. The average Bonchev–Trinajstić information content (AvgIpc) is 3.43. The standard InChI is InChI=1S/C23H26FN5O2/c1-14(17-11-22(30)26-12-17)31-21-10-16(9-19-23(21)28-13-27-19)15-2-3-20(18(24)8-15)29-6-4-25-5-7-29/h2-3,8-10,13-14,17,25H,4-7,11-12H2,1H3,(H,26,30)(H,27,28)/t14-,17-/m1/s1. The number of imidazole rings is 1. The molecule has 0 spiro atoms. The zero-order valence-electron chi connectivity index (χ0n) is 17.5. The van der Waals surface area contributed by atoms with E-state index < -0.39 is 0 Å². The fourth-order valence-corrected chi connectivity index (χ4v) is 4.38. The number of carbonyl (C=O) groups is 1. The Morgan fingerprint density at radius 2 is 2.03 bits per heavy atom. The molecule has 2 atom stereocenters. The van der Waals surface area contributed by atoms with Crippen molar-refractivity contribution < 1.29 is 13.9 Å². The molecule has 0 bridgehead atoms. The number of rotatable bonds is 5. The van der Waals surface area contributed by atoms with E-state index in [-0.39, 0.29) is 23.7 Å². The van der Waals surface area contributed by atoms with Crippen LogP contribution in [0.2, 0.25) is 0 Å². The Hall–Kier alpha value is -3.13. The van der Waals surface area contributed by atoms with Gasteiger partial charge in [0.05, 0.1) is 17.5 Å². The number of anilines is 1. The van der Waals surface area contributed by atoms with E-state index in [0.717, 1.165) is 48.3 Å². The number of piperazine rings is 1. The number of carbonyl (C=O) groups excluding carboxylic acids is 1. The molecule has 2 aliphatic rings. The Morgan fingerprint density at radius 1 is 1.19 bits per heavy atom. The number of fused-ring (bicyclic) bond motifs is 1. The number of ether oxygens (including phenoxy) is 1. The highest BCUT2D eigenvalue weighted by molar-refractivity contribution is 5.87. The number of H-pyrrole nitrogens is 1. The maximum Gasteiger partial charge on any atom is 0.220 e. The average molecular weight is 423 g/mol. The lowest BCUT2D eigenvalue weighted by atomic mass is 10.0. The Balaban J connectivity index is 1.45. The molecule has 5 rings (SSSR count). The molecule has 0 aliphatic carbocycles. The Morgan fingerprint density at radius 3 is 2.77 bits per heavy atom. The SMILES string of the molecule is C[C@@H](Oc1cc(-c2ccc(N3CCNCC3)c(F)c2)cc2[nH]cnc12)[C@H]1CNC(=O)C1. The molecule has 3 N–H and O–H groups in total. The number of hydrogen-bond acceptors (Lipinski definition) is 5. The summed E-state index contributed by atoms with van der Waals surface area (Å²) in [6, 6.07) is 9.25. The Labute approximate surface area is 180 Å². The molecule has 0 unspecified atom stereocenters. The first kappa shape index (κ1) is 19.8. The van der Waals surface area contributed by atoms with E-state index in [4.69, 9.17) is 4.74 Å². The second kappa shape index (κ2) is 8.19. The van der Waals surface area contributed by atoms with Gasteiger partial charge in [-0.3, -0.25) is 4.79 Å². The third-order valence-corrected chi connectivity index (χ3v) is 6.21. The van der Waals surface area contributed by atoms with Gasteiger partial charge in [0, 0.05) is 45.1 Å². The number of amides is 1. The van der Waals surface area contributed by atoms with Gasteiger partial charge in [0.1, 0.15) is 23.2 Å². The van der Waals surface area contributed by atoms with Crippen LogP contribution in [0.25, 0.3) is 22.2 Å². The van der Waals surface area contributed by atoms with Gasteiger partial charge in [-0.15, -0.1) is 0 Å². The molecule has 2 aliphatic heterocycles. The Bertz CT molecular complexity index is 1110. The number of aromatic amines is 1. The van der Waals surface area contributed by atoms with Crippen molar-refractivity contribution in [2.24, 2.45) is 5.92 Å². The molecule has 2 aromatic carbocycles. The van der Waals surface area contributed by atoms with Gasteiger partial charge in [-0.2, -0.15) is 0 Å². The van der Waals surface area contributed by atoms with Gasteiger partial charge in [0.2, 0.25) is 5.91 Å². The monoisotopic (exact) mass is 423 g/mol. The van der Waals surface area contributed by atoms with E-state index in [1.807, 2.05) is 31.2 Å². The lowest BCUT2D eigenvalue weighted by Gasteiger charge is -2.29. The van der Waals surface area contributed by atoms with Gasteiger partial charge in [-0.25, -0.2) is 9.37 Å². The first-order valence-electron chi connectivity index (χ1n) is 10.7. The van der Waals surface area contributed by atoms with Crippen molar-refractivity contribution in [3.05, 3.63) is 42.5 Å². The molecule has 0 radical (unpaired) electrons. The molecule has 1 amide bonds. The van der Waals surface area contributed by atoms with Crippen molar-refractivity contribution in [2.75, 3.05) is 37.6 Å². The van der Waals surface area contributed by atoms with Gasteiger partial charge < -0.3 is 25.3 Å². The highest BCUT2D eigenvalue weighted by Crippen LogP contribution is 2.34. The topological polar surface area (TPSA) is 82.3 Å². The summed E-state index contributed by atoms with van der Waals surface area (Å²) in [5.74, 6) is 0.572. The highest BCUT2D eigenvalue weighted by atomic mass is 19.1. The molecular weight excluding hydrogens is 397 g/mol. The van der Waals surface area contributed by atoms with Crippen LogP contribution in [0.3, 0.4) is 0 Å². The van der Waals surface area contributed by atoms with E-state index in [1.54, 1.807) is 12.4 Å². The van der Waals surface area contributed by atoms with Crippen LogP contribution in [0.4, 0.5) is 10.1 Å². The van der Waals surface area contributed by atoms with Crippen LogP contribution >= 0.6 is 0 Å². The van der Waals surface area contributed by atoms with Crippen molar-refractivity contribution in [3.8, 4) is 16.9 Å². The second-order valence-corrected chi connectivity index (χ2v) is 8.27. The molecule has 3 heterocycles. The molecule has 31 heavy (non-hydrogen) atoms. The molecule has 1 aromatic heterocycles. The van der Waals surface area contributed by atoms with Crippen molar-refractivity contribution >= 4 is 22.6 Å². The van der Waals surface area contributed by atoms with Crippen LogP contribution in [-0.2, 0) is 4.79 Å². The van der Waals surface area contributed by atoms with Gasteiger partial charge in [-0.1, -0.05) is 6.07 Å².